The van der Waals surface area contributed by atoms with Gasteiger partial charge >= 0.3 is 0 Å². The fourth-order valence-electron chi connectivity index (χ4n) is 2.15. The summed E-state index contributed by atoms with van der Waals surface area (Å²) in [6, 6.07) is 1.92. The molecule has 1 aliphatic heterocycles. The molecule has 0 aromatic carbocycles. The Labute approximate surface area is 109 Å². The topological polar surface area (TPSA) is 47.0 Å². The lowest BCUT2D eigenvalue weighted by molar-refractivity contribution is 0.109. The Kier molecular flexibility index (Phi) is 4.17. The van der Waals surface area contributed by atoms with Gasteiger partial charge in [0.25, 0.3) is 0 Å². The van der Waals surface area contributed by atoms with Crippen LogP contribution >= 0.6 is 0 Å². The van der Waals surface area contributed by atoms with E-state index in [4.69, 9.17) is 4.74 Å². The van der Waals surface area contributed by atoms with Crippen LogP contribution in [-0.2, 0) is 0 Å². The third kappa shape index (κ3) is 3.19. The zero-order valence-electron chi connectivity index (χ0n) is 11.7. The second-order valence-electron chi connectivity index (χ2n) is 5.49. The Morgan fingerprint density at radius 1 is 1.39 bits per heavy atom. The molecule has 1 fully saturated rings. The van der Waals surface area contributed by atoms with Crippen LogP contribution in [0.1, 0.15) is 44.6 Å². The smallest absolute Gasteiger partial charge is 0.217 e. The zero-order valence-corrected chi connectivity index (χ0v) is 11.7. The van der Waals surface area contributed by atoms with Gasteiger partial charge < -0.3 is 10.1 Å². The Morgan fingerprint density at radius 3 is 2.83 bits per heavy atom. The Bertz CT molecular complexity index is 406. The van der Waals surface area contributed by atoms with Crippen LogP contribution in [0.15, 0.2) is 6.07 Å². The maximum atomic E-state index is 6.03. The van der Waals surface area contributed by atoms with Crippen molar-refractivity contribution in [3.05, 3.63) is 17.6 Å². The largest absolute Gasteiger partial charge is 0.473 e. The highest BCUT2D eigenvalue weighted by molar-refractivity contribution is 5.17. The van der Waals surface area contributed by atoms with Crippen molar-refractivity contribution in [2.24, 2.45) is 5.92 Å². The molecule has 2 heterocycles. The fraction of sp³-hybridized carbons (Fsp3) is 0.714. The molecule has 0 radical (unpaired) electrons. The number of aromatic nitrogens is 2. The molecule has 1 saturated heterocycles. The Morgan fingerprint density at radius 2 is 2.17 bits per heavy atom. The minimum atomic E-state index is 0.216. The van der Waals surface area contributed by atoms with Gasteiger partial charge in [0.1, 0.15) is 11.9 Å². The molecule has 2 unspecified atom stereocenters. The molecule has 18 heavy (non-hydrogen) atoms. The van der Waals surface area contributed by atoms with Gasteiger partial charge in [-0.1, -0.05) is 20.8 Å². The van der Waals surface area contributed by atoms with Crippen LogP contribution in [0.3, 0.4) is 0 Å². The number of nitrogens with zero attached hydrogens (tertiary/aromatic N) is 2. The molecule has 0 spiro atoms. The van der Waals surface area contributed by atoms with E-state index in [1.54, 1.807) is 0 Å². The lowest BCUT2D eigenvalue weighted by atomic mass is 9.97. The van der Waals surface area contributed by atoms with Crippen molar-refractivity contribution in [3.63, 3.8) is 0 Å². The van der Waals surface area contributed by atoms with E-state index < -0.39 is 0 Å². The summed E-state index contributed by atoms with van der Waals surface area (Å²) in [5.74, 6) is 2.48. The molecule has 0 aliphatic carbocycles. The molecular weight excluding hydrogens is 226 g/mol. The predicted molar refractivity (Wildman–Crippen MR) is 71.9 cm³/mol. The van der Waals surface area contributed by atoms with E-state index in [9.17, 15) is 0 Å². The number of aryl methyl sites for hydroxylation is 1. The first kappa shape index (κ1) is 13.3. The van der Waals surface area contributed by atoms with Crippen LogP contribution in [0, 0.1) is 12.8 Å². The molecule has 1 aromatic rings. The maximum absolute atomic E-state index is 6.03. The summed E-state index contributed by atoms with van der Waals surface area (Å²) in [5.41, 5.74) is 0.972. The lowest BCUT2D eigenvalue weighted by Gasteiger charge is -2.29. The van der Waals surface area contributed by atoms with Crippen LogP contribution < -0.4 is 10.1 Å². The fourth-order valence-corrected chi connectivity index (χ4v) is 2.15. The van der Waals surface area contributed by atoms with Gasteiger partial charge in [-0.15, -0.1) is 0 Å². The summed E-state index contributed by atoms with van der Waals surface area (Å²) in [6.07, 6.45) is 1.37. The van der Waals surface area contributed by atoms with E-state index >= 15 is 0 Å². The average molecular weight is 249 g/mol. The summed E-state index contributed by atoms with van der Waals surface area (Å²) < 4.78 is 6.03. The quantitative estimate of drug-likeness (QED) is 0.893. The van der Waals surface area contributed by atoms with E-state index in [0.29, 0.717) is 17.7 Å². The van der Waals surface area contributed by atoms with Crippen molar-refractivity contribution in [3.8, 4) is 5.88 Å². The van der Waals surface area contributed by atoms with Crippen molar-refractivity contribution in [1.82, 2.24) is 15.3 Å². The molecular formula is C14H23N3O. The molecule has 100 valence electrons. The zero-order chi connectivity index (χ0) is 13.1. The number of hydrogen-bond acceptors (Lipinski definition) is 4. The number of piperidine rings is 1. The van der Waals surface area contributed by atoms with Crippen LogP contribution in [0.25, 0.3) is 0 Å². The number of rotatable bonds is 3. The SMILES string of the molecule is Cc1cc(OC2CNCCC2C)nc(C(C)C)n1. The predicted octanol–water partition coefficient (Wildman–Crippen LogP) is 2.29. The monoisotopic (exact) mass is 249 g/mol. The molecule has 2 rings (SSSR count). The van der Waals surface area contributed by atoms with Crippen molar-refractivity contribution >= 4 is 0 Å². The highest BCUT2D eigenvalue weighted by Gasteiger charge is 2.23. The first-order valence-electron chi connectivity index (χ1n) is 6.79. The minimum Gasteiger partial charge on any atom is -0.473 e. The number of hydrogen-bond donors (Lipinski definition) is 1. The van der Waals surface area contributed by atoms with Gasteiger partial charge in [0.2, 0.25) is 5.88 Å². The third-order valence-corrected chi connectivity index (χ3v) is 3.39. The standard InChI is InChI=1S/C14H23N3O/c1-9(2)14-16-11(4)7-13(17-14)18-12-8-15-6-5-10(12)3/h7,9-10,12,15H,5-6,8H2,1-4H3. The normalized spacial score (nSPS) is 24.3. The molecule has 4 heteroatoms. The van der Waals surface area contributed by atoms with E-state index in [1.807, 2.05) is 13.0 Å². The Hall–Kier alpha value is -1.16. The lowest BCUT2D eigenvalue weighted by Crippen LogP contribution is -2.43. The minimum absolute atomic E-state index is 0.216. The molecule has 1 aliphatic rings. The first-order valence-corrected chi connectivity index (χ1v) is 6.79. The third-order valence-electron chi connectivity index (χ3n) is 3.39. The van der Waals surface area contributed by atoms with E-state index in [0.717, 1.165) is 31.0 Å². The summed E-state index contributed by atoms with van der Waals surface area (Å²) in [5, 5.41) is 3.37. The van der Waals surface area contributed by atoms with Gasteiger partial charge in [0.05, 0.1) is 0 Å². The highest BCUT2D eigenvalue weighted by Crippen LogP contribution is 2.20. The number of ether oxygens (including phenoxy) is 1. The molecule has 1 aromatic heterocycles. The van der Waals surface area contributed by atoms with Gasteiger partial charge in [-0.2, -0.15) is 4.98 Å². The van der Waals surface area contributed by atoms with E-state index in [-0.39, 0.29) is 6.10 Å². The molecule has 1 N–H and O–H groups in total. The van der Waals surface area contributed by atoms with Crippen LogP contribution in [-0.4, -0.2) is 29.2 Å². The van der Waals surface area contributed by atoms with Crippen LogP contribution in [0.5, 0.6) is 5.88 Å². The van der Waals surface area contributed by atoms with Crippen molar-refractivity contribution < 1.29 is 4.74 Å². The summed E-state index contributed by atoms with van der Waals surface area (Å²) in [6.45, 7) is 10.4. The average Bonchev–Trinajstić information content (AvgIpc) is 2.31. The molecule has 2 atom stereocenters. The summed E-state index contributed by atoms with van der Waals surface area (Å²) >= 11 is 0. The van der Waals surface area contributed by atoms with E-state index in [1.165, 1.54) is 0 Å². The van der Waals surface area contributed by atoms with Gasteiger partial charge in [0, 0.05) is 24.2 Å². The molecule has 4 nitrogen and oxygen atoms in total. The van der Waals surface area contributed by atoms with Crippen molar-refractivity contribution in [2.75, 3.05) is 13.1 Å². The number of nitrogens with one attached hydrogen (secondary N) is 1. The van der Waals surface area contributed by atoms with Crippen LogP contribution in [0.4, 0.5) is 0 Å². The van der Waals surface area contributed by atoms with Crippen LogP contribution in [0.2, 0.25) is 0 Å². The summed E-state index contributed by atoms with van der Waals surface area (Å²) in [4.78, 5) is 8.94. The van der Waals surface area contributed by atoms with Gasteiger partial charge in [-0.25, -0.2) is 4.98 Å². The molecule has 0 saturated carbocycles. The highest BCUT2D eigenvalue weighted by atomic mass is 16.5. The van der Waals surface area contributed by atoms with Crippen molar-refractivity contribution in [2.45, 2.75) is 46.1 Å². The first-order chi connectivity index (χ1) is 8.56. The maximum Gasteiger partial charge on any atom is 0.217 e. The van der Waals surface area contributed by atoms with E-state index in [2.05, 4.69) is 36.1 Å². The molecule has 0 bridgehead atoms. The molecule has 0 amide bonds. The van der Waals surface area contributed by atoms with Crippen molar-refractivity contribution in [1.29, 1.82) is 0 Å². The Balaban J connectivity index is 2.12. The summed E-state index contributed by atoms with van der Waals surface area (Å²) in [7, 11) is 0. The second kappa shape index (κ2) is 5.65. The second-order valence-corrected chi connectivity index (χ2v) is 5.49. The van der Waals surface area contributed by atoms with Gasteiger partial charge in [-0.3, -0.25) is 0 Å². The van der Waals surface area contributed by atoms with Gasteiger partial charge in [-0.05, 0) is 25.8 Å². The van der Waals surface area contributed by atoms with Gasteiger partial charge in [0.15, 0.2) is 0 Å².